The molecule has 0 saturated carbocycles. The van der Waals surface area contributed by atoms with Gasteiger partial charge in [0.15, 0.2) is 0 Å². The van der Waals surface area contributed by atoms with Gasteiger partial charge in [0.05, 0.1) is 25.0 Å². The van der Waals surface area contributed by atoms with Crippen molar-refractivity contribution in [3.8, 4) is 11.8 Å². The van der Waals surface area contributed by atoms with E-state index in [1.807, 2.05) is 60.7 Å². The van der Waals surface area contributed by atoms with Crippen molar-refractivity contribution in [2.24, 2.45) is 5.16 Å². The molecule has 140 valence electrons. The van der Waals surface area contributed by atoms with Gasteiger partial charge >= 0.3 is 0 Å². The van der Waals surface area contributed by atoms with Crippen LogP contribution in [0.15, 0.2) is 71.9 Å². The molecule has 0 radical (unpaired) electrons. The van der Waals surface area contributed by atoms with Gasteiger partial charge < -0.3 is 9.57 Å². The molecule has 0 aliphatic heterocycles. The number of rotatable bonds is 7. The summed E-state index contributed by atoms with van der Waals surface area (Å²) in [7, 11) is 0. The summed E-state index contributed by atoms with van der Waals surface area (Å²) < 4.78 is 8.02. The van der Waals surface area contributed by atoms with Crippen molar-refractivity contribution >= 4 is 51.4 Å². The van der Waals surface area contributed by atoms with Crippen LogP contribution < -0.4 is 4.74 Å². The first-order valence-electron chi connectivity index (χ1n) is 8.46. The molecule has 3 aromatic carbocycles. The molecule has 0 atom stereocenters. The number of halogens is 2. The van der Waals surface area contributed by atoms with Crippen LogP contribution in [0.2, 0.25) is 0 Å². The second-order valence-corrected chi connectivity index (χ2v) is 8.19. The van der Waals surface area contributed by atoms with Gasteiger partial charge in [0.2, 0.25) is 0 Å². The molecule has 28 heavy (non-hydrogen) atoms. The molecule has 0 unspecified atom stereocenters. The lowest BCUT2D eigenvalue weighted by Gasteiger charge is -2.11. The monoisotopic (exact) mass is 594 g/mol. The van der Waals surface area contributed by atoms with Crippen LogP contribution in [0.5, 0.6) is 5.75 Å². The van der Waals surface area contributed by atoms with E-state index in [-0.39, 0.29) is 6.61 Å². The Morgan fingerprint density at radius 1 is 0.929 bits per heavy atom. The van der Waals surface area contributed by atoms with Gasteiger partial charge in [-0.2, -0.15) is 5.26 Å². The summed E-state index contributed by atoms with van der Waals surface area (Å²) in [4.78, 5) is 5.36. The Morgan fingerprint density at radius 2 is 1.61 bits per heavy atom. The maximum Gasteiger partial charge on any atom is 0.146 e. The van der Waals surface area contributed by atoms with E-state index < -0.39 is 0 Å². The SMILES string of the molecule is N#Cc1ccccc1CO/N=C\c1cc(I)c(OCc2ccccc2)c(I)c1. The number of benzene rings is 3. The standard InChI is InChI=1S/C22H16I2N2O2/c23-20-10-17(13-26-28-15-19-9-5-4-8-18(19)12-25)11-21(24)22(20)27-14-16-6-2-1-3-7-16/h1-11,13H,14-15H2/b26-13-. The maximum atomic E-state index is 9.10. The first-order chi connectivity index (χ1) is 13.7. The summed E-state index contributed by atoms with van der Waals surface area (Å²) in [5.74, 6) is 0.867. The summed E-state index contributed by atoms with van der Waals surface area (Å²) in [5, 5.41) is 13.1. The zero-order valence-corrected chi connectivity index (χ0v) is 19.1. The van der Waals surface area contributed by atoms with Gasteiger partial charge in [-0.15, -0.1) is 0 Å². The topological polar surface area (TPSA) is 54.6 Å². The van der Waals surface area contributed by atoms with Crippen molar-refractivity contribution in [1.82, 2.24) is 0 Å². The van der Waals surface area contributed by atoms with Gasteiger partial charge in [0, 0.05) is 5.56 Å². The smallest absolute Gasteiger partial charge is 0.146 e. The minimum Gasteiger partial charge on any atom is -0.487 e. The van der Waals surface area contributed by atoms with Crippen molar-refractivity contribution in [2.75, 3.05) is 0 Å². The predicted molar refractivity (Wildman–Crippen MR) is 126 cm³/mol. The zero-order valence-electron chi connectivity index (χ0n) is 14.8. The normalized spacial score (nSPS) is 10.6. The van der Waals surface area contributed by atoms with Crippen LogP contribution in [-0.4, -0.2) is 6.21 Å². The van der Waals surface area contributed by atoms with Crippen LogP contribution in [0, 0.1) is 18.5 Å². The maximum absolute atomic E-state index is 9.10. The molecular weight excluding hydrogens is 578 g/mol. The molecule has 0 aliphatic carbocycles. The van der Waals surface area contributed by atoms with E-state index in [0.29, 0.717) is 12.2 Å². The molecule has 0 N–H and O–H groups in total. The van der Waals surface area contributed by atoms with Crippen molar-refractivity contribution in [1.29, 1.82) is 5.26 Å². The molecule has 0 saturated heterocycles. The lowest BCUT2D eigenvalue weighted by Crippen LogP contribution is -2.00. The second kappa shape index (κ2) is 10.4. The molecule has 3 rings (SSSR count). The number of nitriles is 1. The van der Waals surface area contributed by atoms with Crippen LogP contribution in [0.25, 0.3) is 0 Å². The van der Waals surface area contributed by atoms with Crippen LogP contribution >= 0.6 is 45.2 Å². The first-order valence-corrected chi connectivity index (χ1v) is 10.6. The van der Waals surface area contributed by atoms with Gasteiger partial charge in [0.25, 0.3) is 0 Å². The highest BCUT2D eigenvalue weighted by Gasteiger charge is 2.09. The third-order valence-corrected chi connectivity index (χ3v) is 5.48. The minimum absolute atomic E-state index is 0.257. The van der Waals surface area contributed by atoms with Gasteiger partial charge in [0.1, 0.15) is 19.0 Å². The van der Waals surface area contributed by atoms with E-state index in [9.17, 15) is 0 Å². The highest BCUT2D eigenvalue weighted by Crippen LogP contribution is 2.29. The molecular formula is C22H16I2N2O2. The van der Waals surface area contributed by atoms with Crippen molar-refractivity contribution in [2.45, 2.75) is 13.2 Å². The minimum atomic E-state index is 0.257. The lowest BCUT2D eigenvalue weighted by atomic mass is 10.1. The number of oxime groups is 1. The van der Waals surface area contributed by atoms with Gasteiger partial charge in [-0.25, -0.2) is 0 Å². The molecule has 6 heteroatoms. The summed E-state index contributed by atoms with van der Waals surface area (Å²) >= 11 is 4.53. The molecule has 0 bridgehead atoms. The quantitative estimate of drug-likeness (QED) is 0.195. The van der Waals surface area contributed by atoms with Crippen LogP contribution in [0.3, 0.4) is 0 Å². The van der Waals surface area contributed by atoms with E-state index in [0.717, 1.165) is 29.6 Å². The summed E-state index contributed by atoms with van der Waals surface area (Å²) in [6, 6.07) is 23.6. The average Bonchev–Trinajstić information content (AvgIpc) is 2.71. The third kappa shape index (κ3) is 5.69. The second-order valence-electron chi connectivity index (χ2n) is 5.86. The van der Waals surface area contributed by atoms with E-state index in [1.54, 1.807) is 12.3 Å². The summed E-state index contributed by atoms with van der Waals surface area (Å²) in [6.45, 7) is 0.786. The van der Waals surface area contributed by atoms with Crippen molar-refractivity contribution in [3.63, 3.8) is 0 Å². The molecule has 0 heterocycles. The molecule has 0 aliphatic rings. The average molecular weight is 594 g/mol. The number of nitrogens with zero attached hydrogens (tertiary/aromatic N) is 2. The molecule has 0 fully saturated rings. The molecule has 0 aromatic heterocycles. The highest BCUT2D eigenvalue weighted by atomic mass is 127. The van der Waals surface area contributed by atoms with E-state index >= 15 is 0 Å². The van der Waals surface area contributed by atoms with Gasteiger partial charge in [-0.05, 0) is 74.5 Å². The number of hydrogen-bond donors (Lipinski definition) is 0. The van der Waals surface area contributed by atoms with Crippen LogP contribution in [-0.2, 0) is 18.1 Å². The number of hydrogen-bond acceptors (Lipinski definition) is 4. The predicted octanol–water partition coefficient (Wildman–Crippen LogP) is 5.90. The fourth-order valence-corrected chi connectivity index (χ4v) is 4.61. The summed E-state index contributed by atoms with van der Waals surface area (Å²) in [5.41, 5.74) is 3.47. The largest absolute Gasteiger partial charge is 0.487 e. The Balaban J connectivity index is 1.62. The Hall–Kier alpha value is -2.12. The van der Waals surface area contributed by atoms with E-state index in [1.165, 1.54) is 0 Å². The fraction of sp³-hybridized carbons (Fsp3) is 0.0909. The van der Waals surface area contributed by atoms with Crippen molar-refractivity contribution < 1.29 is 9.57 Å². The Bertz CT molecular complexity index is 992. The molecule has 3 aromatic rings. The Labute approximate surface area is 191 Å². The van der Waals surface area contributed by atoms with Crippen LogP contribution in [0.1, 0.15) is 22.3 Å². The lowest BCUT2D eigenvalue weighted by molar-refractivity contribution is 0.132. The fourth-order valence-electron chi connectivity index (χ4n) is 2.48. The van der Waals surface area contributed by atoms with Crippen molar-refractivity contribution in [3.05, 3.63) is 96.1 Å². The van der Waals surface area contributed by atoms with Crippen LogP contribution in [0.4, 0.5) is 0 Å². The first kappa shape index (κ1) is 20.6. The van der Waals surface area contributed by atoms with Gasteiger partial charge in [-0.1, -0.05) is 53.7 Å². The van der Waals surface area contributed by atoms with E-state index in [4.69, 9.17) is 14.8 Å². The number of ether oxygens (including phenoxy) is 1. The van der Waals surface area contributed by atoms with E-state index in [2.05, 4.69) is 56.4 Å². The molecule has 4 nitrogen and oxygen atoms in total. The Morgan fingerprint density at radius 3 is 2.32 bits per heavy atom. The zero-order chi connectivity index (χ0) is 19.8. The van der Waals surface area contributed by atoms with Gasteiger partial charge in [-0.3, -0.25) is 0 Å². The Kier molecular flexibility index (Phi) is 7.68. The summed E-state index contributed by atoms with van der Waals surface area (Å²) in [6.07, 6.45) is 1.67. The molecule has 0 spiro atoms. The highest BCUT2D eigenvalue weighted by molar-refractivity contribution is 14.1. The third-order valence-electron chi connectivity index (χ3n) is 3.88. The molecule has 0 amide bonds.